The van der Waals surface area contributed by atoms with Gasteiger partial charge in [-0.1, -0.05) is 12.1 Å². The van der Waals surface area contributed by atoms with E-state index < -0.39 is 0 Å². The number of aromatic nitrogens is 3. The van der Waals surface area contributed by atoms with E-state index in [2.05, 4.69) is 9.97 Å². The van der Waals surface area contributed by atoms with E-state index in [4.69, 9.17) is 0 Å². The lowest BCUT2D eigenvalue weighted by molar-refractivity contribution is 0.630. The van der Waals surface area contributed by atoms with Gasteiger partial charge in [-0.05, 0) is 25.1 Å². The summed E-state index contributed by atoms with van der Waals surface area (Å²) in [6.07, 6.45) is 3.44. The smallest absolute Gasteiger partial charge is 0.234 e. The molecule has 0 aliphatic carbocycles. The van der Waals surface area contributed by atoms with Crippen LogP contribution < -0.4 is 0 Å². The first-order valence-electron chi connectivity index (χ1n) is 5.31. The largest absolute Gasteiger partial charge is 0.284 e. The fraction of sp³-hybridized carbons (Fsp3) is 0.0769. The fourth-order valence-electron chi connectivity index (χ4n) is 1.90. The molecule has 0 amide bonds. The molecule has 3 nitrogen and oxygen atoms in total. The van der Waals surface area contributed by atoms with Crippen molar-refractivity contribution in [2.75, 3.05) is 0 Å². The van der Waals surface area contributed by atoms with Crippen LogP contribution in [-0.2, 0) is 0 Å². The molecular formula is C13H10FN3. The molecule has 3 rings (SSSR count). The maximum absolute atomic E-state index is 13.8. The van der Waals surface area contributed by atoms with Crippen molar-refractivity contribution < 1.29 is 4.39 Å². The molecule has 0 radical (unpaired) electrons. The molecule has 84 valence electrons. The third kappa shape index (κ3) is 1.58. The molecule has 2 aromatic heterocycles. The number of fused-ring (bicyclic) bond motifs is 1. The Kier molecular flexibility index (Phi) is 2.14. The molecule has 0 aliphatic rings. The number of aryl methyl sites for hydroxylation is 1. The van der Waals surface area contributed by atoms with Gasteiger partial charge in [0, 0.05) is 23.7 Å². The molecule has 0 saturated heterocycles. The topological polar surface area (TPSA) is 30.2 Å². The van der Waals surface area contributed by atoms with Crippen molar-refractivity contribution in [2.45, 2.75) is 6.92 Å². The van der Waals surface area contributed by atoms with Crippen LogP contribution >= 0.6 is 0 Å². The van der Waals surface area contributed by atoms with Crippen LogP contribution in [0.15, 0.2) is 42.7 Å². The van der Waals surface area contributed by atoms with Crippen LogP contribution in [0.3, 0.4) is 0 Å². The summed E-state index contributed by atoms with van der Waals surface area (Å²) >= 11 is 0. The van der Waals surface area contributed by atoms with Crippen molar-refractivity contribution in [2.24, 2.45) is 0 Å². The first-order valence-corrected chi connectivity index (χ1v) is 5.31. The molecule has 0 atom stereocenters. The van der Waals surface area contributed by atoms with Crippen LogP contribution in [0.2, 0.25) is 0 Å². The quantitative estimate of drug-likeness (QED) is 0.640. The Labute approximate surface area is 97.6 Å². The van der Waals surface area contributed by atoms with E-state index in [1.165, 1.54) is 6.07 Å². The SMILES string of the molecule is Cc1cc(-c2ccccc2F)n2ccnc2n1. The molecule has 17 heavy (non-hydrogen) atoms. The van der Waals surface area contributed by atoms with Gasteiger partial charge >= 0.3 is 0 Å². The van der Waals surface area contributed by atoms with Crippen LogP contribution in [0.4, 0.5) is 4.39 Å². The van der Waals surface area contributed by atoms with E-state index in [1.54, 1.807) is 28.9 Å². The van der Waals surface area contributed by atoms with Crippen LogP contribution in [0.1, 0.15) is 5.69 Å². The molecule has 0 spiro atoms. The molecule has 0 N–H and O–H groups in total. The number of hydrogen-bond acceptors (Lipinski definition) is 2. The van der Waals surface area contributed by atoms with Crippen molar-refractivity contribution in [3.63, 3.8) is 0 Å². The Hall–Kier alpha value is -2.23. The Morgan fingerprint density at radius 3 is 2.88 bits per heavy atom. The maximum atomic E-state index is 13.8. The van der Waals surface area contributed by atoms with Gasteiger partial charge in [0.05, 0.1) is 5.69 Å². The van der Waals surface area contributed by atoms with E-state index in [1.807, 2.05) is 19.1 Å². The van der Waals surface area contributed by atoms with Gasteiger partial charge in [0.1, 0.15) is 5.82 Å². The second-order valence-electron chi connectivity index (χ2n) is 3.86. The predicted molar refractivity (Wildman–Crippen MR) is 63.1 cm³/mol. The lowest BCUT2D eigenvalue weighted by atomic mass is 10.1. The fourth-order valence-corrected chi connectivity index (χ4v) is 1.90. The van der Waals surface area contributed by atoms with Gasteiger partial charge in [-0.3, -0.25) is 4.40 Å². The molecule has 4 heteroatoms. The van der Waals surface area contributed by atoms with Gasteiger partial charge in [-0.2, -0.15) is 0 Å². The van der Waals surface area contributed by atoms with Gasteiger partial charge in [0.2, 0.25) is 5.78 Å². The summed E-state index contributed by atoms with van der Waals surface area (Å²) in [5.74, 6) is 0.344. The lowest BCUT2D eigenvalue weighted by Crippen LogP contribution is -1.97. The Bertz CT molecular complexity index is 688. The number of nitrogens with zero attached hydrogens (tertiary/aromatic N) is 3. The summed E-state index contributed by atoms with van der Waals surface area (Å²) in [5.41, 5.74) is 2.14. The number of hydrogen-bond donors (Lipinski definition) is 0. The summed E-state index contributed by atoms with van der Waals surface area (Å²) in [5, 5.41) is 0. The van der Waals surface area contributed by atoms with Crippen LogP contribution in [0, 0.1) is 12.7 Å². The molecule has 0 bridgehead atoms. The highest BCUT2D eigenvalue weighted by molar-refractivity contribution is 5.63. The normalized spacial score (nSPS) is 10.9. The number of imidazole rings is 1. The standard InChI is InChI=1S/C13H10FN3/c1-9-8-12(10-4-2-3-5-11(10)14)17-7-6-15-13(17)16-9/h2-8H,1H3. The summed E-state index contributed by atoms with van der Waals surface area (Å²) in [7, 11) is 0. The summed E-state index contributed by atoms with van der Waals surface area (Å²) in [4.78, 5) is 8.41. The second kappa shape index (κ2) is 3.66. The van der Waals surface area contributed by atoms with E-state index in [9.17, 15) is 4.39 Å². The van der Waals surface area contributed by atoms with Crippen LogP contribution in [0.25, 0.3) is 17.0 Å². The van der Waals surface area contributed by atoms with Crippen LogP contribution in [-0.4, -0.2) is 14.4 Å². The summed E-state index contributed by atoms with van der Waals surface area (Å²) in [6.45, 7) is 1.87. The van der Waals surface area contributed by atoms with E-state index in [0.29, 0.717) is 11.3 Å². The molecule has 2 heterocycles. The second-order valence-corrected chi connectivity index (χ2v) is 3.86. The minimum atomic E-state index is -0.242. The highest BCUT2D eigenvalue weighted by atomic mass is 19.1. The molecule has 0 aliphatic heterocycles. The molecule has 3 aromatic rings. The minimum Gasteiger partial charge on any atom is -0.284 e. The van der Waals surface area contributed by atoms with Crippen LogP contribution in [0.5, 0.6) is 0 Å². The Morgan fingerprint density at radius 2 is 2.06 bits per heavy atom. The highest BCUT2D eigenvalue weighted by Gasteiger charge is 2.09. The first kappa shape index (κ1) is 9.96. The zero-order valence-corrected chi connectivity index (χ0v) is 9.26. The van der Waals surface area contributed by atoms with Crippen molar-refractivity contribution in [3.05, 3.63) is 54.2 Å². The van der Waals surface area contributed by atoms with E-state index in [-0.39, 0.29) is 5.82 Å². The lowest BCUT2D eigenvalue weighted by Gasteiger charge is -2.07. The minimum absolute atomic E-state index is 0.242. The molecular weight excluding hydrogens is 217 g/mol. The third-order valence-corrected chi connectivity index (χ3v) is 2.65. The number of benzene rings is 1. The summed E-state index contributed by atoms with van der Waals surface area (Å²) < 4.78 is 15.6. The molecule has 1 aromatic carbocycles. The number of halogens is 1. The average Bonchev–Trinajstić information content (AvgIpc) is 2.76. The van der Waals surface area contributed by atoms with E-state index >= 15 is 0 Å². The maximum Gasteiger partial charge on any atom is 0.234 e. The van der Waals surface area contributed by atoms with E-state index in [0.717, 1.165) is 11.4 Å². The molecule has 0 saturated carbocycles. The van der Waals surface area contributed by atoms with Crippen molar-refractivity contribution in [1.82, 2.24) is 14.4 Å². The monoisotopic (exact) mass is 227 g/mol. The average molecular weight is 227 g/mol. The zero-order chi connectivity index (χ0) is 11.8. The predicted octanol–water partition coefficient (Wildman–Crippen LogP) is 2.84. The zero-order valence-electron chi connectivity index (χ0n) is 9.26. The highest BCUT2D eigenvalue weighted by Crippen LogP contribution is 2.23. The van der Waals surface area contributed by atoms with Gasteiger partial charge in [-0.15, -0.1) is 0 Å². The first-order chi connectivity index (χ1) is 8.25. The Morgan fingerprint density at radius 1 is 1.24 bits per heavy atom. The van der Waals surface area contributed by atoms with Gasteiger partial charge in [-0.25, -0.2) is 14.4 Å². The summed E-state index contributed by atoms with van der Waals surface area (Å²) in [6, 6.07) is 8.55. The third-order valence-electron chi connectivity index (χ3n) is 2.65. The molecule has 0 unspecified atom stereocenters. The van der Waals surface area contributed by atoms with Crippen molar-refractivity contribution in [1.29, 1.82) is 0 Å². The number of rotatable bonds is 1. The van der Waals surface area contributed by atoms with Gasteiger partial charge in [0.15, 0.2) is 0 Å². The Balaban J connectivity index is 2.37. The van der Waals surface area contributed by atoms with Crippen molar-refractivity contribution in [3.8, 4) is 11.3 Å². The van der Waals surface area contributed by atoms with Gasteiger partial charge in [0.25, 0.3) is 0 Å². The molecule has 0 fully saturated rings. The van der Waals surface area contributed by atoms with Gasteiger partial charge < -0.3 is 0 Å². The van der Waals surface area contributed by atoms with Crippen molar-refractivity contribution >= 4 is 5.78 Å².